The van der Waals surface area contributed by atoms with E-state index < -0.39 is 0 Å². The maximum Gasteiger partial charge on any atom is 0.260 e. The van der Waals surface area contributed by atoms with Crippen molar-refractivity contribution in [2.75, 3.05) is 5.32 Å². The first-order chi connectivity index (χ1) is 13.2. The summed E-state index contributed by atoms with van der Waals surface area (Å²) >= 11 is 7.47. The molecule has 0 saturated heterocycles. The molecular formula is C19H16ClN5OS. The minimum Gasteiger partial charge on any atom is -0.366 e. The van der Waals surface area contributed by atoms with Gasteiger partial charge < -0.3 is 9.88 Å². The quantitative estimate of drug-likeness (QED) is 0.515. The highest BCUT2D eigenvalue weighted by Gasteiger charge is 2.10. The predicted octanol–water partition coefficient (Wildman–Crippen LogP) is 4.01. The highest BCUT2D eigenvalue weighted by molar-refractivity contribution is 7.16. The number of H-pyrrole nitrogens is 1. The molecule has 0 aliphatic heterocycles. The second kappa shape index (κ2) is 7.77. The molecule has 27 heavy (non-hydrogen) atoms. The molecule has 8 heteroatoms. The number of halogens is 1. The Bertz CT molecular complexity index is 1100. The van der Waals surface area contributed by atoms with Crippen LogP contribution in [0.3, 0.4) is 0 Å². The van der Waals surface area contributed by atoms with Gasteiger partial charge in [0.1, 0.15) is 5.82 Å². The fraction of sp³-hybridized carbons (Fsp3) is 0.105. The average molecular weight is 398 g/mol. The van der Waals surface area contributed by atoms with Gasteiger partial charge in [0.15, 0.2) is 0 Å². The molecule has 4 heterocycles. The molecule has 0 unspecified atom stereocenters. The number of hydrogen-bond acceptors (Lipinski definition) is 5. The first-order valence-corrected chi connectivity index (χ1v) is 9.51. The van der Waals surface area contributed by atoms with E-state index in [0.29, 0.717) is 24.3 Å². The van der Waals surface area contributed by atoms with Crippen LogP contribution < -0.4 is 10.9 Å². The highest BCUT2D eigenvalue weighted by atomic mass is 35.5. The maximum atomic E-state index is 12.8. The van der Waals surface area contributed by atoms with Crippen LogP contribution >= 0.6 is 22.9 Å². The molecule has 0 saturated carbocycles. The Labute approximate surface area is 164 Å². The number of nitrogens with one attached hydrogen (secondary N) is 2. The van der Waals surface area contributed by atoms with Crippen LogP contribution in [0, 0.1) is 0 Å². The highest BCUT2D eigenvalue weighted by Crippen LogP contribution is 2.23. The van der Waals surface area contributed by atoms with Gasteiger partial charge in [0.2, 0.25) is 0 Å². The Morgan fingerprint density at radius 1 is 1.19 bits per heavy atom. The maximum absolute atomic E-state index is 12.8. The fourth-order valence-electron chi connectivity index (χ4n) is 2.72. The minimum absolute atomic E-state index is 0.0857. The van der Waals surface area contributed by atoms with E-state index in [2.05, 4.69) is 20.5 Å². The van der Waals surface area contributed by atoms with Gasteiger partial charge in [-0.05, 0) is 42.0 Å². The molecule has 0 radical (unpaired) electrons. The molecule has 136 valence electrons. The second-order valence-corrected chi connectivity index (χ2v) is 7.74. The zero-order valence-corrected chi connectivity index (χ0v) is 15.8. The third-order valence-electron chi connectivity index (χ3n) is 4.06. The van der Waals surface area contributed by atoms with Crippen LogP contribution in [0.5, 0.6) is 0 Å². The molecule has 0 bridgehead atoms. The van der Waals surface area contributed by atoms with Gasteiger partial charge in [-0.1, -0.05) is 11.6 Å². The standard InChI is InChI=1S/C19H16ClN5OS/c20-17-4-3-14(27-17)11-22-18-10-16(23-24-18)15-2-1-9-25(19(15)26)12-13-5-7-21-8-6-13/h1-10H,11-12H2,(H2,22,23,24). The number of thiophene rings is 1. The molecule has 0 amide bonds. The summed E-state index contributed by atoms with van der Waals surface area (Å²) in [6.07, 6.45) is 5.21. The zero-order chi connectivity index (χ0) is 18.6. The Balaban J connectivity index is 1.52. The van der Waals surface area contributed by atoms with Gasteiger partial charge in [-0.2, -0.15) is 5.10 Å². The number of aromatic nitrogens is 4. The number of anilines is 1. The van der Waals surface area contributed by atoms with E-state index in [0.717, 1.165) is 20.6 Å². The SMILES string of the molecule is O=c1c(-c2cc(NCc3ccc(Cl)s3)[nH]n2)cccn1Cc1ccncc1. The summed E-state index contributed by atoms with van der Waals surface area (Å²) in [4.78, 5) is 17.9. The lowest BCUT2D eigenvalue weighted by Gasteiger charge is -2.07. The zero-order valence-electron chi connectivity index (χ0n) is 14.2. The molecule has 0 fully saturated rings. The van der Waals surface area contributed by atoms with Gasteiger partial charge in [-0.15, -0.1) is 11.3 Å². The predicted molar refractivity (Wildman–Crippen MR) is 108 cm³/mol. The largest absolute Gasteiger partial charge is 0.366 e. The fourth-order valence-corrected chi connectivity index (χ4v) is 3.75. The number of aromatic amines is 1. The van der Waals surface area contributed by atoms with Gasteiger partial charge in [-0.25, -0.2) is 0 Å². The lowest BCUT2D eigenvalue weighted by molar-refractivity contribution is 0.759. The summed E-state index contributed by atoms with van der Waals surface area (Å²) < 4.78 is 2.43. The van der Waals surface area contributed by atoms with Crippen LogP contribution in [0.2, 0.25) is 4.34 Å². The van der Waals surface area contributed by atoms with Crippen LogP contribution in [-0.2, 0) is 13.1 Å². The smallest absolute Gasteiger partial charge is 0.260 e. The van der Waals surface area contributed by atoms with Crippen LogP contribution in [-0.4, -0.2) is 19.7 Å². The van der Waals surface area contributed by atoms with E-state index >= 15 is 0 Å². The van der Waals surface area contributed by atoms with Gasteiger partial charge in [0.05, 0.1) is 28.7 Å². The van der Waals surface area contributed by atoms with Crippen molar-refractivity contribution in [2.45, 2.75) is 13.1 Å². The first kappa shape index (κ1) is 17.5. The third kappa shape index (κ3) is 4.10. The Kier molecular flexibility index (Phi) is 5.04. The summed E-state index contributed by atoms with van der Waals surface area (Å²) in [6, 6.07) is 13.1. The number of rotatable bonds is 6. The van der Waals surface area contributed by atoms with Crippen molar-refractivity contribution in [3.8, 4) is 11.3 Å². The van der Waals surface area contributed by atoms with Crippen molar-refractivity contribution >= 4 is 28.8 Å². The van der Waals surface area contributed by atoms with Gasteiger partial charge in [0, 0.05) is 29.5 Å². The van der Waals surface area contributed by atoms with E-state index in [1.807, 2.05) is 36.4 Å². The normalized spacial score (nSPS) is 10.9. The molecule has 4 aromatic rings. The Morgan fingerprint density at radius 2 is 2.04 bits per heavy atom. The van der Waals surface area contributed by atoms with Crippen molar-refractivity contribution in [1.82, 2.24) is 19.7 Å². The lowest BCUT2D eigenvalue weighted by Crippen LogP contribution is -2.21. The van der Waals surface area contributed by atoms with E-state index in [1.54, 1.807) is 29.2 Å². The summed E-state index contributed by atoms with van der Waals surface area (Å²) in [5, 5.41) is 10.5. The number of pyridine rings is 2. The summed E-state index contributed by atoms with van der Waals surface area (Å²) in [7, 11) is 0. The van der Waals surface area contributed by atoms with Crippen molar-refractivity contribution in [1.29, 1.82) is 0 Å². The van der Waals surface area contributed by atoms with Crippen LogP contribution in [0.4, 0.5) is 5.82 Å². The van der Waals surface area contributed by atoms with E-state index in [4.69, 9.17) is 11.6 Å². The van der Waals surface area contributed by atoms with Gasteiger partial charge in [-0.3, -0.25) is 14.9 Å². The van der Waals surface area contributed by atoms with Crippen molar-refractivity contribution in [2.24, 2.45) is 0 Å². The monoisotopic (exact) mass is 397 g/mol. The Hall–Kier alpha value is -2.90. The molecule has 0 atom stereocenters. The molecule has 4 rings (SSSR count). The van der Waals surface area contributed by atoms with E-state index in [1.165, 1.54) is 11.3 Å². The van der Waals surface area contributed by atoms with Gasteiger partial charge >= 0.3 is 0 Å². The van der Waals surface area contributed by atoms with Crippen LogP contribution in [0.25, 0.3) is 11.3 Å². The lowest BCUT2D eigenvalue weighted by atomic mass is 10.2. The molecule has 0 aliphatic rings. The van der Waals surface area contributed by atoms with Crippen molar-refractivity contribution < 1.29 is 0 Å². The minimum atomic E-state index is -0.0857. The number of hydrogen-bond donors (Lipinski definition) is 2. The van der Waals surface area contributed by atoms with Crippen molar-refractivity contribution in [3.05, 3.63) is 86.2 Å². The first-order valence-electron chi connectivity index (χ1n) is 8.31. The summed E-state index contributed by atoms with van der Waals surface area (Å²) in [6.45, 7) is 1.13. The topological polar surface area (TPSA) is 75.6 Å². The van der Waals surface area contributed by atoms with Crippen molar-refractivity contribution in [3.63, 3.8) is 0 Å². The summed E-state index contributed by atoms with van der Waals surface area (Å²) in [5.41, 5.74) is 2.09. The molecular weight excluding hydrogens is 382 g/mol. The van der Waals surface area contributed by atoms with Gasteiger partial charge in [0.25, 0.3) is 5.56 Å². The average Bonchev–Trinajstić information content (AvgIpc) is 3.31. The van der Waals surface area contributed by atoms with E-state index in [9.17, 15) is 4.79 Å². The van der Waals surface area contributed by atoms with Crippen LogP contribution in [0.1, 0.15) is 10.4 Å². The Morgan fingerprint density at radius 3 is 2.81 bits per heavy atom. The third-order valence-corrected chi connectivity index (χ3v) is 5.29. The number of nitrogens with zero attached hydrogens (tertiary/aromatic N) is 3. The molecule has 6 nitrogen and oxygen atoms in total. The molecule has 4 aromatic heterocycles. The van der Waals surface area contributed by atoms with E-state index in [-0.39, 0.29) is 5.56 Å². The second-order valence-electron chi connectivity index (χ2n) is 5.94. The molecule has 0 aliphatic carbocycles. The molecule has 0 spiro atoms. The van der Waals surface area contributed by atoms with Crippen LogP contribution in [0.15, 0.2) is 65.8 Å². The molecule has 2 N–H and O–H groups in total. The molecule has 0 aromatic carbocycles. The summed E-state index contributed by atoms with van der Waals surface area (Å²) in [5.74, 6) is 0.749.